The van der Waals surface area contributed by atoms with Crippen molar-refractivity contribution in [2.45, 2.75) is 52.9 Å². The van der Waals surface area contributed by atoms with E-state index >= 15 is 0 Å². The molecule has 0 bridgehead atoms. The van der Waals surface area contributed by atoms with Gasteiger partial charge >= 0.3 is 0 Å². The van der Waals surface area contributed by atoms with Gasteiger partial charge in [-0.3, -0.25) is 0 Å². The highest BCUT2D eigenvalue weighted by Gasteiger charge is 2.32. The van der Waals surface area contributed by atoms with Gasteiger partial charge in [0.25, 0.3) is 0 Å². The molecule has 0 aromatic heterocycles. The average molecular weight is 873 g/mol. The number of hydrogen-bond donors (Lipinski definition) is 1. The first-order valence-corrected chi connectivity index (χ1v) is 24.5. The number of fused-ring (bicyclic) bond motifs is 12. The van der Waals surface area contributed by atoms with Gasteiger partial charge in [0.15, 0.2) is 0 Å². The normalized spacial score (nSPS) is 13.7. The van der Waals surface area contributed by atoms with Crippen LogP contribution in [0.25, 0.3) is 136 Å². The van der Waals surface area contributed by atoms with Crippen LogP contribution in [0.2, 0.25) is 0 Å². The zero-order chi connectivity index (χ0) is 45.5. The molecule has 0 amide bonds. The van der Waals surface area contributed by atoms with E-state index in [1.54, 1.807) is 0 Å². The van der Waals surface area contributed by atoms with Gasteiger partial charge in [0.2, 0.25) is 0 Å². The molecule has 0 saturated heterocycles. The zero-order valence-corrected chi connectivity index (χ0v) is 39.0. The van der Waals surface area contributed by atoms with Gasteiger partial charge in [-0.1, -0.05) is 142 Å². The van der Waals surface area contributed by atoms with Crippen molar-refractivity contribution in [3.05, 3.63) is 179 Å². The average Bonchev–Trinajstić information content (AvgIpc) is 3.98. The van der Waals surface area contributed by atoms with E-state index in [2.05, 4.69) is 180 Å². The van der Waals surface area contributed by atoms with Crippen LogP contribution in [0.4, 0.5) is 0 Å². The van der Waals surface area contributed by atoms with Gasteiger partial charge in [-0.2, -0.15) is 0 Å². The van der Waals surface area contributed by atoms with Crippen molar-refractivity contribution < 1.29 is 9.84 Å². The van der Waals surface area contributed by atoms with Gasteiger partial charge in [0.1, 0.15) is 12.4 Å². The summed E-state index contributed by atoms with van der Waals surface area (Å²) in [7, 11) is 0. The third kappa shape index (κ3) is 4.81. The number of rotatable bonds is 5. The van der Waals surface area contributed by atoms with Crippen LogP contribution in [-0.4, -0.2) is 18.3 Å². The molecule has 324 valence electrons. The summed E-state index contributed by atoms with van der Waals surface area (Å²) in [5.41, 5.74) is 16.5. The highest BCUT2D eigenvalue weighted by Crippen LogP contribution is 2.56. The maximum Gasteiger partial charge on any atom is 0.127 e. The summed E-state index contributed by atoms with van der Waals surface area (Å²) in [6.45, 7) is 11.8. The molecule has 13 aromatic carbocycles. The van der Waals surface area contributed by atoms with E-state index < -0.39 is 0 Å². The molecule has 0 radical (unpaired) electrons. The van der Waals surface area contributed by atoms with E-state index in [0.29, 0.717) is 0 Å². The Balaban J connectivity index is 1.13. The van der Waals surface area contributed by atoms with E-state index in [9.17, 15) is 5.11 Å². The van der Waals surface area contributed by atoms with Crippen molar-refractivity contribution in [1.82, 2.24) is 0 Å². The fourth-order valence-electron chi connectivity index (χ4n) is 13.5. The van der Waals surface area contributed by atoms with Gasteiger partial charge in [0, 0.05) is 10.8 Å². The summed E-state index contributed by atoms with van der Waals surface area (Å²) >= 11 is 0. The van der Waals surface area contributed by atoms with Crippen LogP contribution in [0.15, 0.2) is 146 Å². The van der Waals surface area contributed by atoms with Crippen LogP contribution in [0.5, 0.6) is 5.75 Å². The lowest BCUT2D eigenvalue weighted by atomic mass is 9.82. The molecule has 13 aromatic rings. The van der Waals surface area contributed by atoms with E-state index in [4.69, 9.17) is 4.74 Å². The molecule has 2 aliphatic carbocycles. The van der Waals surface area contributed by atoms with Crippen molar-refractivity contribution in [2.75, 3.05) is 13.2 Å². The van der Waals surface area contributed by atoms with Crippen LogP contribution in [0, 0.1) is 13.8 Å². The molecule has 0 unspecified atom stereocenters. The Morgan fingerprint density at radius 3 is 1.66 bits per heavy atom. The fraction of sp³-hybridized carbons (Fsp3) is 0.152. The summed E-state index contributed by atoms with van der Waals surface area (Å²) in [4.78, 5) is 0. The van der Waals surface area contributed by atoms with Gasteiger partial charge in [-0.25, -0.2) is 0 Å². The molecule has 0 spiro atoms. The third-order valence-corrected chi connectivity index (χ3v) is 16.5. The minimum Gasteiger partial charge on any atom is -0.491 e. The quantitative estimate of drug-likeness (QED) is 0.138. The minimum atomic E-state index is -0.0238. The Bertz CT molecular complexity index is 4340. The number of aliphatic hydroxyl groups is 1. The lowest BCUT2D eigenvalue weighted by Gasteiger charge is -2.21. The molecule has 0 heterocycles. The Morgan fingerprint density at radius 2 is 0.985 bits per heavy atom. The Hall–Kier alpha value is -7.52. The van der Waals surface area contributed by atoms with Crippen LogP contribution in [0.1, 0.15) is 55.0 Å². The second-order valence-electron chi connectivity index (χ2n) is 20.9. The van der Waals surface area contributed by atoms with Crippen molar-refractivity contribution in [3.63, 3.8) is 0 Å². The highest BCUT2D eigenvalue weighted by atomic mass is 16.5. The predicted octanol–water partition coefficient (Wildman–Crippen LogP) is 16.4. The first-order valence-electron chi connectivity index (χ1n) is 24.5. The summed E-state index contributed by atoms with van der Waals surface area (Å²) in [6, 6.07) is 56.1. The first kappa shape index (κ1) is 38.6. The monoisotopic (exact) mass is 872 g/mol. The maximum absolute atomic E-state index is 9.69. The summed E-state index contributed by atoms with van der Waals surface area (Å²) in [6.07, 6.45) is 2.09. The molecule has 0 saturated carbocycles. The van der Waals surface area contributed by atoms with E-state index in [1.165, 1.54) is 164 Å². The molecule has 0 atom stereocenters. The molecule has 68 heavy (non-hydrogen) atoms. The minimum absolute atomic E-state index is 0.0238. The fourth-order valence-corrected chi connectivity index (χ4v) is 13.5. The standard InChI is InChI=1S/C66H48O2/c1-34-11-6-8-13-37(34)58-54-32-52-40-15-10-16-48-56(68-30-29-67)28-27-46(57(40)48)53(52)33-55(54)59(38-14-9-7-12-35(38)2)65-50-25-23-44-42-20-19-41-39-18-17-36(66(3,4)5)31-51(39)47-22-21-43(61(42)60(41)47)45-24-26-49(64(58)65)63(50)62(44)45/h6-18,21-28,31-33,67H,19-20,29-30H2,1-5H3. The van der Waals surface area contributed by atoms with Gasteiger partial charge in [-0.05, 0) is 215 Å². The van der Waals surface area contributed by atoms with Crippen molar-refractivity contribution in [2.24, 2.45) is 0 Å². The second-order valence-corrected chi connectivity index (χ2v) is 20.9. The topological polar surface area (TPSA) is 29.5 Å². The lowest BCUT2D eigenvalue weighted by Crippen LogP contribution is -2.14. The number of ether oxygens (including phenoxy) is 1. The number of benzene rings is 11. The summed E-state index contributed by atoms with van der Waals surface area (Å²) in [5.74, 6) is 0.811. The van der Waals surface area contributed by atoms with E-state index in [-0.39, 0.29) is 18.6 Å². The predicted molar refractivity (Wildman–Crippen MR) is 289 cm³/mol. The smallest absolute Gasteiger partial charge is 0.127 e. The summed E-state index contributed by atoms with van der Waals surface area (Å²) in [5, 5.41) is 34.7. The molecule has 0 aliphatic heterocycles. The van der Waals surface area contributed by atoms with Crippen molar-refractivity contribution in [1.29, 1.82) is 0 Å². The molecule has 2 nitrogen and oxygen atoms in total. The van der Waals surface area contributed by atoms with Crippen LogP contribution in [-0.2, 0) is 11.8 Å². The van der Waals surface area contributed by atoms with Gasteiger partial charge < -0.3 is 9.84 Å². The summed E-state index contributed by atoms with van der Waals surface area (Å²) < 4.78 is 6.14. The van der Waals surface area contributed by atoms with Crippen molar-refractivity contribution in [3.8, 4) is 39.1 Å². The third-order valence-electron chi connectivity index (χ3n) is 16.5. The zero-order valence-electron chi connectivity index (χ0n) is 39.0. The van der Waals surface area contributed by atoms with Crippen LogP contribution < -0.4 is 9.96 Å². The van der Waals surface area contributed by atoms with Gasteiger partial charge in [-0.15, -0.1) is 0 Å². The van der Waals surface area contributed by atoms with Crippen LogP contribution >= 0.6 is 0 Å². The largest absolute Gasteiger partial charge is 0.491 e. The molecule has 2 aliphatic rings. The lowest BCUT2D eigenvalue weighted by molar-refractivity contribution is 0.203. The number of aliphatic hydroxyl groups excluding tert-OH is 1. The van der Waals surface area contributed by atoms with Crippen LogP contribution in [0.3, 0.4) is 0 Å². The molecular weight excluding hydrogens is 825 g/mol. The van der Waals surface area contributed by atoms with E-state index in [0.717, 1.165) is 24.0 Å². The SMILES string of the molecule is Cc1ccccc1-c1c2cc3c(cc2c(-c2ccccc2C)c2c4ccc5c6ccc7c8c6c(c6ccc(c12)c4c65)CCC=8c1ccc(C(C)(C)C)cc1-7)c1cccc2c(OCCO)ccc3c21. The Morgan fingerprint density at radius 1 is 0.426 bits per heavy atom. The molecule has 2 heteroatoms. The highest BCUT2D eigenvalue weighted by molar-refractivity contribution is 6.45. The first-order chi connectivity index (χ1) is 33.2. The molecule has 1 N–H and O–H groups in total. The van der Waals surface area contributed by atoms with Crippen molar-refractivity contribution >= 4 is 103 Å². The Kier molecular flexibility index (Phi) is 7.57. The molecular formula is C66H48O2. The molecule has 15 rings (SSSR count). The number of aryl methyl sites for hydroxylation is 3. The number of hydrogen-bond acceptors (Lipinski definition) is 2. The van der Waals surface area contributed by atoms with E-state index in [1.807, 2.05) is 0 Å². The molecule has 0 fully saturated rings. The van der Waals surface area contributed by atoms with Gasteiger partial charge in [0.05, 0.1) is 6.61 Å². The Labute approximate surface area is 394 Å². The maximum atomic E-state index is 9.69. The second kappa shape index (κ2) is 13.3.